The number of hydrogen-bond acceptors (Lipinski definition) is 2. The van der Waals surface area contributed by atoms with Crippen LogP contribution in [0.25, 0.3) is 0 Å². The zero-order chi connectivity index (χ0) is 8.27. The molecule has 68 valence electrons. The van der Waals surface area contributed by atoms with Gasteiger partial charge in [-0.2, -0.15) is 0 Å². The molecule has 1 aromatic carbocycles. The first-order chi connectivity index (χ1) is 5.27. The maximum absolute atomic E-state index is 5.04. The SMILES string of the molecule is CNc1ccc(OC)cc1Br.Cl. The smallest absolute Gasteiger partial charge is 0.120 e. The Kier molecular flexibility index (Phi) is 5.09. The molecule has 0 heterocycles. The largest absolute Gasteiger partial charge is 0.497 e. The van der Waals surface area contributed by atoms with E-state index in [1.807, 2.05) is 25.2 Å². The van der Waals surface area contributed by atoms with Gasteiger partial charge in [0.25, 0.3) is 0 Å². The maximum atomic E-state index is 5.04. The third-order valence-corrected chi connectivity index (χ3v) is 2.10. The monoisotopic (exact) mass is 251 g/mol. The highest BCUT2D eigenvalue weighted by Crippen LogP contribution is 2.26. The summed E-state index contributed by atoms with van der Waals surface area (Å²) in [5.74, 6) is 0.857. The van der Waals surface area contributed by atoms with Crippen LogP contribution in [0.4, 0.5) is 5.69 Å². The van der Waals surface area contributed by atoms with Crippen LogP contribution < -0.4 is 10.1 Å². The Morgan fingerprint density at radius 2 is 2.08 bits per heavy atom. The molecule has 0 aliphatic rings. The van der Waals surface area contributed by atoms with Crippen LogP contribution in [0, 0.1) is 0 Å². The summed E-state index contributed by atoms with van der Waals surface area (Å²) in [6.45, 7) is 0. The molecule has 0 atom stereocenters. The lowest BCUT2D eigenvalue weighted by atomic mass is 10.3. The predicted molar refractivity (Wildman–Crippen MR) is 57.5 cm³/mol. The van der Waals surface area contributed by atoms with E-state index in [2.05, 4.69) is 21.2 Å². The van der Waals surface area contributed by atoms with Crippen molar-refractivity contribution in [2.45, 2.75) is 0 Å². The zero-order valence-corrected chi connectivity index (χ0v) is 9.33. The summed E-state index contributed by atoms with van der Waals surface area (Å²) in [5, 5.41) is 3.04. The summed E-state index contributed by atoms with van der Waals surface area (Å²) >= 11 is 3.41. The summed E-state index contributed by atoms with van der Waals surface area (Å²) in [4.78, 5) is 0. The van der Waals surface area contributed by atoms with Crippen LogP contribution in [0.2, 0.25) is 0 Å². The third-order valence-electron chi connectivity index (χ3n) is 1.45. The standard InChI is InChI=1S/C8H10BrNO.ClH/c1-10-8-4-3-6(11-2)5-7(8)9;/h3-5,10H,1-2H3;1H. The summed E-state index contributed by atoms with van der Waals surface area (Å²) in [6.07, 6.45) is 0. The van der Waals surface area contributed by atoms with Crippen molar-refractivity contribution in [3.63, 3.8) is 0 Å². The van der Waals surface area contributed by atoms with Gasteiger partial charge in [0.15, 0.2) is 0 Å². The van der Waals surface area contributed by atoms with Gasteiger partial charge < -0.3 is 10.1 Å². The van der Waals surface area contributed by atoms with E-state index in [1.165, 1.54) is 0 Å². The van der Waals surface area contributed by atoms with Crippen LogP contribution in [0.5, 0.6) is 5.75 Å². The summed E-state index contributed by atoms with van der Waals surface area (Å²) in [6, 6.07) is 5.80. The van der Waals surface area contributed by atoms with E-state index in [0.717, 1.165) is 15.9 Å². The molecule has 4 heteroatoms. The Hall–Kier alpha value is -0.410. The van der Waals surface area contributed by atoms with Crippen LogP contribution in [0.3, 0.4) is 0 Å². The fraction of sp³-hybridized carbons (Fsp3) is 0.250. The lowest BCUT2D eigenvalue weighted by molar-refractivity contribution is 0.414. The van der Waals surface area contributed by atoms with Crippen molar-refractivity contribution in [3.05, 3.63) is 22.7 Å². The highest BCUT2D eigenvalue weighted by molar-refractivity contribution is 9.10. The van der Waals surface area contributed by atoms with Gasteiger partial charge in [0, 0.05) is 17.2 Å². The molecule has 1 aromatic rings. The number of nitrogens with one attached hydrogen (secondary N) is 1. The first kappa shape index (κ1) is 11.6. The second-order valence-electron chi connectivity index (χ2n) is 2.10. The highest BCUT2D eigenvalue weighted by Gasteiger charge is 1.97. The maximum Gasteiger partial charge on any atom is 0.120 e. The van der Waals surface area contributed by atoms with Crippen LogP contribution in [-0.2, 0) is 0 Å². The molecule has 0 radical (unpaired) electrons. The Balaban J connectivity index is 0.00000121. The number of anilines is 1. The van der Waals surface area contributed by atoms with Gasteiger partial charge in [-0.15, -0.1) is 12.4 Å². The van der Waals surface area contributed by atoms with Gasteiger partial charge in [-0.05, 0) is 34.1 Å². The molecular weight excluding hydrogens is 241 g/mol. The zero-order valence-electron chi connectivity index (χ0n) is 6.93. The number of halogens is 2. The molecule has 0 saturated heterocycles. The van der Waals surface area contributed by atoms with E-state index in [4.69, 9.17) is 4.74 Å². The van der Waals surface area contributed by atoms with Gasteiger partial charge in [-0.3, -0.25) is 0 Å². The van der Waals surface area contributed by atoms with Gasteiger partial charge in [0.1, 0.15) is 5.75 Å². The van der Waals surface area contributed by atoms with E-state index < -0.39 is 0 Å². The van der Waals surface area contributed by atoms with Crippen molar-refractivity contribution in [2.24, 2.45) is 0 Å². The van der Waals surface area contributed by atoms with E-state index in [1.54, 1.807) is 7.11 Å². The summed E-state index contributed by atoms with van der Waals surface area (Å²) < 4.78 is 6.05. The van der Waals surface area contributed by atoms with Gasteiger partial charge >= 0.3 is 0 Å². The predicted octanol–water partition coefficient (Wildman–Crippen LogP) is 2.92. The molecule has 0 aromatic heterocycles. The number of benzene rings is 1. The Labute approximate surface area is 86.8 Å². The summed E-state index contributed by atoms with van der Waals surface area (Å²) in [5.41, 5.74) is 1.06. The lowest BCUT2D eigenvalue weighted by Crippen LogP contribution is -1.89. The van der Waals surface area contributed by atoms with Gasteiger partial charge in [-0.25, -0.2) is 0 Å². The second-order valence-corrected chi connectivity index (χ2v) is 2.95. The quantitative estimate of drug-likeness (QED) is 0.874. The van der Waals surface area contributed by atoms with E-state index >= 15 is 0 Å². The van der Waals surface area contributed by atoms with Crippen molar-refractivity contribution < 1.29 is 4.74 Å². The third kappa shape index (κ3) is 2.57. The molecule has 1 rings (SSSR count). The fourth-order valence-electron chi connectivity index (χ4n) is 0.826. The Bertz CT molecular complexity index is 255. The summed E-state index contributed by atoms with van der Waals surface area (Å²) in [7, 11) is 3.54. The van der Waals surface area contributed by atoms with Gasteiger partial charge in [-0.1, -0.05) is 0 Å². The number of rotatable bonds is 2. The van der Waals surface area contributed by atoms with Crippen molar-refractivity contribution >= 4 is 34.0 Å². The average Bonchev–Trinajstić information content (AvgIpc) is 2.04. The van der Waals surface area contributed by atoms with E-state index in [9.17, 15) is 0 Å². The molecule has 0 saturated carbocycles. The lowest BCUT2D eigenvalue weighted by Gasteiger charge is -2.04. The molecule has 0 aliphatic carbocycles. The van der Waals surface area contributed by atoms with Crippen LogP contribution in [-0.4, -0.2) is 14.2 Å². The van der Waals surface area contributed by atoms with E-state index in [0.29, 0.717) is 0 Å². The first-order valence-electron chi connectivity index (χ1n) is 3.29. The highest BCUT2D eigenvalue weighted by atomic mass is 79.9. The normalized spacial score (nSPS) is 8.58. The average molecular weight is 253 g/mol. The molecule has 1 N–H and O–H groups in total. The molecule has 12 heavy (non-hydrogen) atoms. The molecule has 0 spiro atoms. The minimum Gasteiger partial charge on any atom is -0.497 e. The molecule has 0 amide bonds. The van der Waals surface area contributed by atoms with Crippen molar-refractivity contribution in [2.75, 3.05) is 19.5 Å². The Morgan fingerprint density at radius 3 is 2.50 bits per heavy atom. The number of ether oxygens (including phenoxy) is 1. The second kappa shape index (κ2) is 5.27. The minimum atomic E-state index is 0. The fourth-order valence-corrected chi connectivity index (χ4v) is 1.38. The topological polar surface area (TPSA) is 21.3 Å². The Morgan fingerprint density at radius 1 is 1.42 bits per heavy atom. The van der Waals surface area contributed by atoms with Crippen molar-refractivity contribution in [3.8, 4) is 5.75 Å². The molecule has 0 bridgehead atoms. The number of methoxy groups -OCH3 is 1. The molecule has 0 aliphatic heterocycles. The minimum absolute atomic E-state index is 0. The van der Waals surface area contributed by atoms with Gasteiger partial charge in [0.05, 0.1) is 7.11 Å². The molecule has 2 nitrogen and oxygen atoms in total. The first-order valence-corrected chi connectivity index (χ1v) is 4.08. The van der Waals surface area contributed by atoms with Crippen molar-refractivity contribution in [1.82, 2.24) is 0 Å². The van der Waals surface area contributed by atoms with Crippen molar-refractivity contribution in [1.29, 1.82) is 0 Å². The van der Waals surface area contributed by atoms with E-state index in [-0.39, 0.29) is 12.4 Å². The molecule has 0 fully saturated rings. The van der Waals surface area contributed by atoms with Crippen LogP contribution in [0.1, 0.15) is 0 Å². The van der Waals surface area contributed by atoms with Crippen LogP contribution >= 0.6 is 28.3 Å². The molecule has 0 unspecified atom stereocenters. The number of hydrogen-bond donors (Lipinski definition) is 1. The van der Waals surface area contributed by atoms with Crippen LogP contribution in [0.15, 0.2) is 22.7 Å². The van der Waals surface area contributed by atoms with Gasteiger partial charge in [0.2, 0.25) is 0 Å². The molecular formula is C8H11BrClNO.